The Morgan fingerprint density at radius 3 is 2.47 bits per heavy atom. The number of thiophene rings is 1. The lowest BCUT2D eigenvalue weighted by molar-refractivity contribution is 1.01. The van der Waals surface area contributed by atoms with Gasteiger partial charge < -0.3 is 0 Å². The van der Waals surface area contributed by atoms with Gasteiger partial charge in [0.15, 0.2) is 0 Å². The molecule has 3 rings (SSSR count). The summed E-state index contributed by atoms with van der Waals surface area (Å²) in [5, 5.41) is 1.46. The number of aryl methyl sites for hydroxylation is 1. The average molecular weight is 246 g/mol. The van der Waals surface area contributed by atoms with Crippen molar-refractivity contribution in [2.75, 3.05) is 0 Å². The molecule has 1 aliphatic carbocycles. The minimum absolute atomic E-state index is 1.20. The van der Waals surface area contributed by atoms with Gasteiger partial charge in [0.05, 0.1) is 0 Å². The molecule has 0 spiro atoms. The van der Waals surface area contributed by atoms with Crippen molar-refractivity contribution in [2.24, 2.45) is 0 Å². The molecule has 0 amide bonds. The Balaban J connectivity index is 0.000000330. The van der Waals surface area contributed by atoms with E-state index >= 15 is 0 Å². The van der Waals surface area contributed by atoms with Gasteiger partial charge in [0, 0.05) is 9.58 Å². The Bertz CT molecular complexity index is 477. The molecule has 1 heteroatoms. The number of rotatable bonds is 0. The summed E-state index contributed by atoms with van der Waals surface area (Å²) in [5.74, 6) is 0. The van der Waals surface area contributed by atoms with E-state index in [9.17, 15) is 0 Å². The average Bonchev–Trinajstić information content (AvgIpc) is 2.82. The van der Waals surface area contributed by atoms with Gasteiger partial charge in [0.25, 0.3) is 0 Å². The maximum absolute atomic E-state index is 2.28. The molecule has 0 atom stereocenters. The molecule has 0 N–H and O–H groups in total. The number of hydrogen-bond donors (Lipinski definition) is 0. The number of hydrogen-bond acceptors (Lipinski definition) is 1. The molecule has 0 bridgehead atoms. The summed E-state index contributed by atoms with van der Waals surface area (Å²) in [5.41, 5.74) is 1.56. The Morgan fingerprint density at radius 1 is 1.00 bits per heavy atom. The van der Waals surface area contributed by atoms with Crippen molar-refractivity contribution in [3.05, 3.63) is 40.8 Å². The second-order valence-corrected chi connectivity index (χ2v) is 4.47. The van der Waals surface area contributed by atoms with E-state index in [4.69, 9.17) is 0 Å². The molecule has 0 nitrogen and oxygen atoms in total. The van der Waals surface area contributed by atoms with E-state index < -0.39 is 0 Å². The van der Waals surface area contributed by atoms with Crippen LogP contribution in [0.3, 0.4) is 0 Å². The van der Waals surface area contributed by atoms with Crippen LogP contribution in [0.1, 0.15) is 44.6 Å². The normalized spacial score (nSPS) is 12.0. The van der Waals surface area contributed by atoms with E-state index in [1.807, 2.05) is 39.0 Å². The van der Waals surface area contributed by atoms with Gasteiger partial charge in [-0.1, -0.05) is 52.0 Å². The SMILES string of the molecule is C1=Cc2sc3ccccc3c2CC1.CC.CC. The number of allylic oxidation sites excluding steroid dienone is 1. The zero-order valence-electron chi connectivity index (χ0n) is 11.3. The van der Waals surface area contributed by atoms with Gasteiger partial charge in [-0.25, -0.2) is 0 Å². The minimum Gasteiger partial charge on any atom is -0.136 e. The molecule has 0 saturated heterocycles. The third kappa shape index (κ3) is 2.98. The summed E-state index contributed by atoms with van der Waals surface area (Å²) < 4.78 is 1.43. The Morgan fingerprint density at radius 2 is 1.71 bits per heavy atom. The van der Waals surface area contributed by atoms with E-state index in [1.54, 1.807) is 5.56 Å². The molecular weight excluding hydrogens is 224 g/mol. The predicted octanol–water partition coefficient (Wildman–Crippen LogP) is 5.91. The van der Waals surface area contributed by atoms with Crippen LogP contribution in [-0.2, 0) is 6.42 Å². The maximum Gasteiger partial charge on any atom is 0.0352 e. The fraction of sp³-hybridized carbons (Fsp3) is 0.375. The molecule has 1 aliphatic rings. The summed E-state index contributed by atoms with van der Waals surface area (Å²) in [7, 11) is 0. The van der Waals surface area contributed by atoms with Crippen molar-refractivity contribution < 1.29 is 0 Å². The third-order valence-corrected chi connectivity index (χ3v) is 3.74. The first-order chi connectivity index (χ1) is 8.45. The molecule has 1 aromatic carbocycles. The highest BCUT2D eigenvalue weighted by Crippen LogP contribution is 2.35. The summed E-state index contributed by atoms with van der Waals surface area (Å²) >= 11 is 1.91. The standard InChI is InChI=1S/C12H10S.2C2H6/c1-3-7-11-9(5-1)10-6-2-4-8-12(10)13-11;2*1-2/h1,3-5,7-8H,2,6H2;2*1-2H3. The van der Waals surface area contributed by atoms with Crippen LogP contribution in [0.4, 0.5) is 0 Å². The molecular formula is C16H22S. The molecule has 0 radical (unpaired) electrons. The molecule has 0 aliphatic heterocycles. The van der Waals surface area contributed by atoms with Crippen molar-refractivity contribution in [3.8, 4) is 0 Å². The van der Waals surface area contributed by atoms with E-state index in [0.717, 1.165) is 0 Å². The van der Waals surface area contributed by atoms with Crippen LogP contribution < -0.4 is 0 Å². The fourth-order valence-corrected chi connectivity index (χ4v) is 3.11. The highest BCUT2D eigenvalue weighted by molar-refractivity contribution is 7.20. The van der Waals surface area contributed by atoms with Crippen molar-refractivity contribution in [3.63, 3.8) is 0 Å². The molecule has 0 saturated carbocycles. The molecule has 17 heavy (non-hydrogen) atoms. The monoisotopic (exact) mass is 246 g/mol. The van der Waals surface area contributed by atoms with Gasteiger partial charge in [-0.3, -0.25) is 0 Å². The summed E-state index contributed by atoms with van der Waals surface area (Å²) in [6.07, 6.45) is 6.96. The van der Waals surface area contributed by atoms with Crippen LogP contribution in [-0.4, -0.2) is 0 Å². The highest BCUT2D eigenvalue weighted by atomic mass is 32.1. The van der Waals surface area contributed by atoms with Crippen molar-refractivity contribution >= 4 is 27.5 Å². The van der Waals surface area contributed by atoms with Gasteiger partial charge in [0.2, 0.25) is 0 Å². The lowest BCUT2D eigenvalue weighted by Crippen LogP contribution is -1.88. The van der Waals surface area contributed by atoms with Gasteiger partial charge >= 0.3 is 0 Å². The smallest absolute Gasteiger partial charge is 0.0352 e. The van der Waals surface area contributed by atoms with Crippen LogP contribution in [0.2, 0.25) is 0 Å². The predicted molar refractivity (Wildman–Crippen MR) is 81.9 cm³/mol. The molecule has 1 aromatic heterocycles. The van der Waals surface area contributed by atoms with Crippen molar-refractivity contribution in [1.82, 2.24) is 0 Å². The molecule has 0 fully saturated rings. The zero-order chi connectivity index (χ0) is 12.7. The molecule has 2 aromatic rings. The molecule has 0 unspecified atom stereocenters. The van der Waals surface area contributed by atoms with Crippen LogP contribution >= 0.6 is 11.3 Å². The summed E-state index contributed by atoms with van der Waals surface area (Å²) in [6, 6.07) is 8.71. The largest absolute Gasteiger partial charge is 0.136 e. The molecule has 1 heterocycles. The summed E-state index contributed by atoms with van der Waals surface area (Å²) in [6.45, 7) is 8.00. The van der Waals surface area contributed by atoms with E-state index in [-0.39, 0.29) is 0 Å². The van der Waals surface area contributed by atoms with Gasteiger partial charge in [-0.2, -0.15) is 0 Å². The number of benzene rings is 1. The first-order valence-corrected chi connectivity index (χ1v) is 7.44. The first-order valence-electron chi connectivity index (χ1n) is 6.62. The van der Waals surface area contributed by atoms with Crippen molar-refractivity contribution in [2.45, 2.75) is 40.5 Å². The van der Waals surface area contributed by atoms with Gasteiger partial charge in [0.1, 0.15) is 0 Å². The van der Waals surface area contributed by atoms with Crippen LogP contribution in [0.25, 0.3) is 16.2 Å². The third-order valence-electron chi connectivity index (χ3n) is 2.56. The van der Waals surface area contributed by atoms with Crippen molar-refractivity contribution in [1.29, 1.82) is 0 Å². The topological polar surface area (TPSA) is 0 Å². The second-order valence-electron chi connectivity index (χ2n) is 3.38. The van der Waals surface area contributed by atoms with Gasteiger partial charge in [-0.15, -0.1) is 11.3 Å². The molecule has 92 valence electrons. The van der Waals surface area contributed by atoms with Crippen LogP contribution in [0.5, 0.6) is 0 Å². The van der Waals surface area contributed by atoms with Crippen LogP contribution in [0.15, 0.2) is 30.3 Å². The zero-order valence-corrected chi connectivity index (χ0v) is 12.1. The minimum atomic E-state index is 1.20. The van der Waals surface area contributed by atoms with E-state index in [0.29, 0.717) is 0 Å². The van der Waals surface area contributed by atoms with Gasteiger partial charge in [-0.05, 0) is 35.9 Å². The van der Waals surface area contributed by atoms with Crippen LogP contribution in [0, 0.1) is 0 Å². The van der Waals surface area contributed by atoms with E-state index in [1.165, 1.54) is 27.8 Å². The Hall–Kier alpha value is -1.08. The Labute approximate surface area is 109 Å². The number of fused-ring (bicyclic) bond motifs is 3. The maximum atomic E-state index is 2.28. The highest BCUT2D eigenvalue weighted by Gasteiger charge is 2.10. The van der Waals surface area contributed by atoms with E-state index in [2.05, 4.69) is 36.4 Å². The lowest BCUT2D eigenvalue weighted by Gasteiger charge is -2.03. The Kier molecular flexibility index (Phi) is 5.99. The second kappa shape index (κ2) is 7.29. The first kappa shape index (κ1) is 14.0. The lowest BCUT2D eigenvalue weighted by atomic mass is 10.0. The quantitative estimate of drug-likeness (QED) is 0.542. The fourth-order valence-electron chi connectivity index (χ4n) is 1.93. The summed E-state index contributed by atoms with van der Waals surface area (Å²) in [4.78, 5) is 1.47.